The Kier molecular flexibility index (Phi) is 2.75. The highest BCUT2D eigenvalue weighted by Crippen LogP contribution is 2.41. The maximum Gasteiger partial charge on any atom is 0.184 e. The molecule has 0 bridgehead atoms. The summed E-state index contributed by atoms with van der Waals surface area (Å²) in [6, 6.07) is 0. The van der Waals surface area contributed by atoms with Crippen LogP contribution < -0.4 is 0 Å². The molecule has 6 nitrogen and oxygen atoms in total. The third kappa shape index (κ3) is 2.07. The van der Waals surface area contributed by atoms with Crippen LogP contribution in [0.1, 0.15) is 27.7 Å². The minimum atomic E-state index is -0.978. The first-order valence-electron chi connectivity index (χ1n) is 6.28. The molecule has 3 aliphatic heterocycles. The minimum Gasteiger partial charge on any atom is -0.366 e. The molecular formula is C12H20O6. The molecule has 0 aromatic carbocycles. The van der Waals surface area contributed by atoms with Gasteiger partial charge in [-0.25, -0.2) is 0 Å². The fraction of sp³-hybridized carbons (Fsp3) is 1.00. The zero-order valence-electron chi connectivity index (χ0n) is 11.1. The molecule has 0 amide bonds. The molecule has 0 saturated carbocycles. The van der Waals surface area contributed by atoms with E-state index in [-0.39, 0.29) is 18.3 Å². The molecule has 3 heterocycles. The quantitative estimate of drug-likeness (QED) is 0.735. The van der Waals surface area contributed by atoms with Gasteiger partial charge in [0.1, 0.15) is 24.4 Å². The molecule has 3 fully saturated rings. The average Bonchev–Trinajstić information content (AvgIpc) is 2.81. The lowest BCUT2D eigenvalue weighted by molar-refractivity contribution is -0.236. The fourth-order valence-corrected chi connectivity index (χ4v) is 2.78. The lowest BCUT2D eigenvalue weighted by atomic mass is 10.1. The van der Waals surface area contributed by atoms with Crippen molar-refractivity contribution in [1.82, 2.24) is 0 Å². The largest absolute Gasteiger partial charge is 0.366 e. The molecule has 0 aliphatic carbocycles. The third-order valence-corrected chi connectivity index (χ3v) is 3.46. The maximum atomic E-state index is 9.87. The van der Waals surface area contributed by atoms with Crippen LogP contribution in [-0.2, 0) is 23.7 Å². The number of aliphatic hydroxyl groups is 1. The molecule has 6 heteroatoms. The molecule has 18 heavy (non-hydrogen) atoms. The van der Waals surface area contributed by atoms with Crippen molar-refractivity contribution in [2.45, 2.75) is 70.0 Å². The Morgan fingerprint density at radius 1 is 0.889 bits per heavy atom. The topological polar surface area (TPSA) is 66.4 Å². The lowest BCUT2D eigenvalue weighted by Crippen LogP contribution is -2.40. The van der Waals surface area contributed by atoms with E-state index >= 15 is 0 Å². The van der Waals surface area contributed by atoms with Crippen LogP contribution in [0, 0.1) is 0 Å². The van der Waals surface area contributed by atoms with Gasteiger partial charge in [-0.15, -0.1) is 0 Å². The zero-order valence-corrected chi connectivity index (χ0v) is 11.1. The monoisotopic (exact) mass is 260 g/mol. The summed E-state index contributed by atoms with van der Waals surface area (Å²) in [7, 11) is 0. The lowest BCUT2D eigenvalue weighted by Gasteiger charge is -2.26. The summed E-state index contributed by atoms with van der Waals surface area (Å²) in [4.78, 5) is 0. The van der Waals surface area contributed by atoms with Crippen LogP contribution in [0.2, 0.25) is 0 Å². The Bertz CT molecular complexity index is 341. The summed E-state index contributed by atoms with van der Waals surface area (Å²) in [5, 5.41) is 9.87. The molecular weight excluding hydrogens is 240 g/mol. The van der Waals surface area contributed by atoms with Gasteiger partial charge in [-0.05, 0) is 27.7 Å². The third-order valence-electron chi connectivity index (χ3n) is 3.46. The SMILES string of the molecule is CC1(C)OC[C@H]([C@@H]2O[C@@H](O)[C@H]3OC(C)(C)OC23)O1. The van der Waals surface area contributed by atoms with Crippen LogP contribution in [0.4, 0.5) is 0 Å². The first-order chi connectivity index (χ1) is 8.27. The van der Waals surface area contributed by atoms with E-state index in [1.807, 2.05) is 27.7 Å². The Morgan fingerprint density at radius 2 is 1.56 bits per heavy atom. The van der Waals surface area contributed by atoms with Crippen molar-refractivity contribution in [1.29, 1.82) is 0 Å². The Morgan fingerprint density at radius 3 is 2.17 bits per heavy atom. The molecule has 0 aromatic heterocycles. The van der Waals surface area contributed by atoms with Crippen LogP contribution in [0.3, 0.4) is 0 Å². The Balaban J connectivity index is 1.75. The molecule has 0 aromatic rings. The van der Waals surface area contributed by atoms with Gasteiger partial charge in [-0.2, -0.15) is 0 Å². The van der Waals surface area contributed by atoms with Crippen molar-refractivity contribution >= 4 is 0 Å². The summed E-state index contributed by atoms with van der Waals surface area (Å²) in [6.45, 7) is 7.78. The number of rotatable bonds is 1. The summed E-state index contributed by atoms with van der Waals surface area (Å²) >= 11 is 0. The van der Waals surface area contributed by atoms with Gasteiger partial charge >= 0.3 is 0 Å². The van der Waals surface area contributed by atoms with Gasteiger partial charge in [0.2, 0.25) is 0 Å². The maximum absolute atomic E-state index is 9.87. The molecule has 0 radical (unpaired) electrons. The van der Waals surface area contributed by atoms with Gasteiger partial charge < -0.3 is 28.8 Å². The van der Waals surface area contributed by atoms with Crippen molar-refractivity contribution in [2.75, 3.05) is 6.61 Å². The first kappa shape index (κ1) is 12.8. The van der Waals surface area contributed by atoms with E-state index in [2.05, 4.69) is 0 Å². The van der Waals surface area contributed by atoms with Crippen LogP contribution in [0.15, 0.2) is 0 Å². The van der Waals surface area contributed by atoms with Gasteiger partial charge in [-0.1, -0.05) is 0 Å². The Hall–Kier alpha value is -0.240. The van der Waals surface area contributed by atoms with Crippen LogP contribution in [0.25, 0.3) is 0 Å². The normalized spacial score (nSPS) is 49.5. The Labute approximate surface area is 106 Å². The van der Waals surface area contributed by atoms with Crippen LogP contribution in [0.5, 0.6) is 0 Å². The van der Waals surface area contributed by atoms with Crippen molar-refractivity contribution in [3.63, 3.8) is 0 Å². The van der Waals surface area contributed by atoms with E-state index < -0.39 is 24.0 Å². The smallest absolute Gasteiger partial charge is 0.184 e. The van der Waals surface area contributed by atoms with Gasteiger partial charge in [0.25, 0.3) is 0 Å². The molecule has 1 N–H and O–H groups in total. The van der Waals surface area contributed by atoms with Gasteiger partial charge in [0.15, 0.2) is 17.9 Å². The predicted molar refractivity (Wildman–Crippen MR) is 59.6 cm³/mol. The minimum absolute atomic E-state index is 0.248. The zero-order chi connectivity index (χ0) is 13.1. The van der Waals surface area contributed by atoms with Crippen molar-refractivity contribution in [3.8, 4) is 0 Å². The van der Waals surface area contributed by atoms with E-state index in [9.17, 15) is 5.11 Å². The van der Waals surface area contributed by atoms with Crippen molar-refractivity contribution < 1.29 is 28.8 Å². The highest BCUT2D eigenvalue weighted by Gasteiger charge is 2.58. The molecule has 3 saturated heterocycles. The molecule has 3 rings (SSSR count). The second kappa shape index (κ2) is 3.88. The first-order valence-corrected chi connectivity index (χ1v) is 6.28. The summed E-state index contributed by atoms with van der Waals surface area (Å²) in [5.41, 5.74) is 0. The average molecular weight is 260 g/mol. The van der Waals surface area contributed by atoms with Gasteiger partial charge in [0, 0.05) is 0 Å². The van der Waals surface area contributed by atoms with E-state index in [4.69, 9.17) is 23.7 Å². The van der Waals surface area contributed by atoms with Crippen LogP contribution in [-0.4, -0.2) is 54.0 Å². The number of hydrogen-bond acceptors (Lipinski definition) is 6. The number of fused-ring (bicyclic) bond motifs is 1. The molecule has 104 valence electrons. The molecule has 1 unspecified atom stereocenters. The van der Waals surface area contributed by atoms with E-state index in [1.54, 1.807) is 0 Å². The number of ether oxygens (including phenoxy) is 5. The van der Waals surface area contributed by atoms with E-state index in [1.165, 1.54) is 0 Å². The number of hydrogen-bond donors (Lipinski definition) is 1. The van der Waals surface area contributed by atoms with Crippen LogP contribution >= 0.6 is 0 Å². The van der Waals surface area contributed by atoms with E-state index in [0.717, 1.165) is 0 Å². The standard InChI is InChI=1S/C12H20O6/c1-11(2)14-5-6(16-11)7-8-9(10(13)15-7)18-12(3,4)17-8/h6-10,13H,5H2,1-4H3/t6-,7+,8?,9+,10-/m1/s1. The fourth-order valence-electron chi connectivity index (χ4n) is 2.78. The summed E-state index contributed by atoms with van der Waals surface area (Å²) < 4.78 is 28.2. The number of aliphatic hydroxyl groups excluding tert-OH is 1. The highest BCUT2D eigenvalue weighted by atomic mass is 16.8. The summed E-state index contributed by atoms with van der Waals surface area (Å²) in [5.74, 6) is -1.32. The van der Waals surface area contributed by atoms with Gasteiger partial charge in [0.05, 0.1) is 6.61 Å². The highest BCUT2D eigenvalue weighted by molar-refractivity contribution is 4.99. The molecule has 0 spiro atoms. The second-order valence-corrected chi connectivity index (χ2v) is 5.92. The second-order valence-electron chi connectivity index (χ2n) is 5.92. The summed E-state index contributed by atoms with van der Waals surface area (Å²) in [6.07, 6.45) is -2.38. The molecule has 3 aliphatic rings. The predicted octanol–water partition coefficient (Wildman–Crippen LogP) is 0.375. The van der Waals surface area contributed by atoms with Crippen molar-refractivity contribution in [2.24, 2.45) is 0 Å². The van der Waals surface area contributed by atoms with Gasteiger partial charge in [-0.3, -0.25) is 0 Å². The van der Waals surface area contributed by atoms with E-state index in [0.29, 0.717) is 6.61 Å². The molecule has 5 atom stereocenters. The van der Waals surface area contributed by atoms with Crippen molar-refractivity contribution in [3.05, 3.63) is 0 Å².